The number of ether oxygens (including phenoxy) is 1. The highest BCUT2D eigenvalue weighted by Gasteiger charge is 2.25. The third kappa shape index (κ3) is 2.23. The van der Waals surface area contributed by atoms with Crippen molar-refractivity contribution in [3.05, 3.63) is 70.5 Å². The maximum atomic E-state index is 12.9. The summed E-state index contributed by atoms with van der Waals surface area (Å²) < 4.78 is 18.0. The fraction of sp³-hybridized carbons (Fsp3) is 0.118. The van der Waals surface area contributed by atoms with Gasteiger partial charge in [0.25, 0.3) is 0 Å². The number of hydrogen-bond acceptors (Lipinski definition) is 2. The number of carbonyl (C=O) groups excluding carboxylic acids is 1. The van der Waals surface area contributed by atoms with E-state index in [1.165, 1.54) is 12.1 Å². The molecule has 20 heavy (non-hydrogen) atoms. The van der Waals surface area contributed by atoms with Gasteiger partial charge in [-0.05, 0) is 41.5 Å². The second-order valence-corrected chi connectivity index (χ2v) is 4.75. The molecule has 0 radical (unpaired) electrons. The van der Waals surface area contributed by atoms with Gasteiger partial charge in [0.2, 0.25) is 0 Å². The highest BCUT2D eigenvalue weighted by molar-refractivity contribution is 6.15. The predicted octanol–water partition coefficient (Wildman–Crippen LogP) is 3.66. The number of ketones is 1. The molecule has 100 valence electrons. The maximum absolute atomic E-state index is 12.9. The molecule has 0 unspecified atom stereocenters. The van der Waals surface area contributed by atoms with Crippen LogP contribution < -0.4 is 4.74 Å². The zero-order valence-electron chi connectivity index (χ0n) is 11.0. The molecule has 0 aromatic heterocycles. The molecule has 0 bridgehead atoms. The fourth-order valence-corrected chi connectivity index (χ4v) is 2.38. The molecule has 0 saturated heterocycles. The Morgan fingerprint density at radius 2 is 1.90 bits per heavy atom. The van der Waals surface area contributed by atoms with Crippen molar-refractivity contribution in [3.8, 4) is 5.75 Å². The quantitative estimate of drug-likeness (QED) is 0.777. The van der Waals surface area contributed by atoms with Crippen molar-refractivity contribution in [1.82, 2.24) is 0 Å². The topological polar surface area (TPSA) is 26.3 Å². The maximum Gasteiger partial charge on any atom is 0.189 e. The van der Waals surface area contributed by atoms with Gasteiger partial charge >= 0.3 is 0 Å². The molecule has 0 spiro atoms. The number of Topliss-reactive ketones (excluding diaryl/α,β-unsaturated/α-hetero) is 1. The Labute approximate surface area is 116 Å². The smallest absolute Gasteiger partial charge is 0.189 e. The number of rotatable bonds is 2. The van der Waals surface area contributed by atoms with Crippen LogP contribution in [-0.4, -0.2) is 12.9 Å². The lowest BCUT2D eigenvalue weighted by Crippen LogP contribution is -1.96. The molecule has 2 aromatic rings. The predicted molar refractivity (Wildman–Crippen MR) is 75.4 cm³/mol. The minimum absolute atomic E-state index is 0.0169. The average Bonchev–Trinajstić information content (AvgIpc) is 2.77. The summed E-state index contributed by atoms with van der Waals surface area (Å²) in [7, 11) is 1.58. The van der Waals surface area contributed by atoms with Crippen molar-refractivity contribution in [2.75, 3.05) is 7.11 Å². The zero-order valence-corrected chi connectivity index (χ0v) is 11.0. The first kappa shape index (κ1) is 12.6. The number of fused-ring (bicyclic) bond motifs is 1. The molecule has 3 rings (SSSR count). The Hall–Kier alpha value is -2.42. The Bertz CT molecular complexity index is 699. The van der Waals surface area contributed by atoms with E-state index in [0.29, 0.717) is 17.7 Å². The average molecular weight is 268 g/mol. The number of carbonyl (C=O) groups is 1. The summed E-state index contributed by atoms with van der Waals surface area (Å²) in [5, 5.41) is 0. The van der Waals surface area contributed by atoms with Gasteiger partial charge in [0.1, 0.15) is 11.6 Å². The molecule has 0 fully saturated rings. The molecule has 3 heteroatoms. The van der Waals surface area contributed by atoms with Crippen LogP contribution in [0.5, 0.6) is 5.75 Å². The zero-order chi connectivity index (χ0) is 14.1. The first-order valence-electron chi connectivity index (χ1n) is 6.35. The lowest BCUT2D eigenvalue weighted by atomic mass is 10.1. The molecular weight excluding hydrogens is 255 g/mol. The van der Waals surface area contributed by atoms with Crippen LogP contribution in [0.1, 0.15) is 21.5 Å². The number of halogens is 1. The first-order chi connectivity index (χ1) is 9.67. The van der Waals surface area contributed by atoms with Gasteiger partial charge in [-0.15, -0.1) is 0 Å². The molecule has 0 heterocycles. The standard InChI is InChI=1S/C17H13FO2/c1-20-15-7-4-12-9-13(17(19)16(12)10-15)8-11-2-5-14(18)6-3-11/h2-8,10H,9H2,1H3. The molecule has 2 aromatic carbocycles. The molecule has 0 saturated carbocycles. The van der Waals surface area contributed by atoms with E-state index in [1.807, 2.05) is 18.2 Å². The molecule has 0 amide bonds. The van der Waals surface area contributed by atoms with Gasteiger partial charge in [-0.25, -0.2) is 4.39 Å². The molecule has 1 aliphatic rings. The third-order valence-electron chi connectivity index (χ3n) is 3.45. The van der Waals surface area contributed by atoms with Gasteiger partial charge in [0, 0.05) is 17.6 Å². The monoisotopic (exact) mass is 268 g/mol. The first-order valence-corrected chi connectivity index (χ1v) is 6.35. The highest BCUT2D eigenvalue weighted by atomic mass is 19.1. The van der Waals surface area contributed by atoms with E-state index in [-0.39, 0.29) is 11.6 Å². The van der Waals surface area contributed by atoms with E-state index >= 15 is 0 Å². The van der Waals surface area contributed by atoms with E-state index in [4.69, 9.17) is 4.74 Å². The van der Waals surface area contributed by atoms with Crippen molar-refractivity contribution in [2.45, 2.75) is 6.42 Å². The SMILES string of the molecule is COc1ccc2c(c1)C(=O)C(=Cc1ccc(F)cc1)C2. The van der Waals surface area contributed by atoms with E-state index in [1.54, 1.807) is 25.3 Å². The lowest BCUT2D eigenvalue weighted by Gasteiger charge is -2.01. The Balaban J connectivity index is 1.95. The summed E-state index contributed by atoms with van der Waals surface area (Å²) in [4.78, 5) is 12.3. The third-order valence-corrected chi connectivity index (χ3v) is 3.45. The number of allylic oxidation sites excluding steroid dienone is 1. The second-order valence-electron chi connectivity index (χ2n) is 4.75. The molecule has 2 nitrogen and oxygen atoms in total. The second kappa shape index (κ2) is 4.93. The van der Waals surface area contributed by atoms with Crippen molar-refractivity contribution in [3.63, 3.8) is 0 Å². The summed E-state index contributed by atoms with van der Waals surface area (Å²) >= 11 is 0. The summed E-state index contributed by atoms with van der Waals surface area (Å²) in [5.74, 6) is 0.418. The van der Waals surface area contributed by atoms with Crippen LogP contribution in [0.4, 0.5) is 4.39 Å². The molecule has 0 atom stereocenters. The van der Waals surface area contributed by atoms with Crippen LogP contribution in [0.15, 0.2) is 48.0 Å². The van der Waals surface area contributed by atoms with Crippen molar-refractivity contribution >= 4 is 11.9 Å². The normalized spacial score (nSPS) is 15.5. The molecule has 0 aliphatic heterocycles. The van der Waals surface area contributed by atoms with Crippen molar-refractivity contribution in [2.24, 2.45) is 0 Å². The lowest BCUT2D eigenvalue weighted by molar-refractivity contribution is 0.104. The van der Waals surface area contributed by atoms with Gasteiger partial charge in [-0.1, -0.05) is 18.2 Å². The van der Waals surface area contributed by atoms with Crippen LogP contribution in [0.3, 0.4) is 0 Å². The molecule has 0 N–H and O–H groups in total. The molecule has 1 aliphatic carbocycles. The van der Waals surface area contributed by atoms with Crippen molar-refractivity contribution in [1.29, 1.82) is 0 Å². The van der Waals surface area contributed by atoms with Gasteiger partial charge in [0.15, 0.2) is 5.78 Å². The van der Waals surface area contributed by atoms with Gasteiger partial charge < -0.3 is 4.74 Å². The number of hydrogen-bond donors (Lipinski definition) is 0. The van der Waals surface area contributed by atoms with E-state index in [9.17, 15) is 9.18 Å². The van der Waals surface area contributed by atoms with Crippen LogP contribution >= 0.6 is 0 Å². The van der Waals surface area contributed by atoms with Gasteiger partial charge in [-0.3, -0.25) is 4.79 Å². The number of benzene rings is 2. The Morgan fingerprint density at radius 1 is 1.15 bits per heavy atom. The van der Waals surface area contributed by atoms with Crippen LogP contribution in [-0.2, 0) is 6.42 Å². The van der Waals surface area contributed by atoms with Crippen LogP contribution in [0, 0.1) is 5.82 Å². The van der Waals surface area contributed by atoms with E-state index < -0.39 is 0 Å². The largest absolute Gasteiger partial charge is 0.497 e. The van der Waals surface area contributed by atoms with E-state index in [0.717, 1.165) is 16.7 Å². The summed E-state index contributed by atoms with van der Waals surface area (Å²) in [6.45, 7) is 0. The van der Waals surface area contributed by atoms with Crippen LogP contribution in [0.25, 0.3) is 6.08 Å². The Kier molecular flexibility index (Phi) is 3.11. The summed E-state index contributed by atoms with van der Waals surface area (Å²) in [6, 6.07) is 11.6. The van der Waals surface area contributed by atoms with E-state index in [2.05, 4.69) is 0 Å². The fourth-order valence-electron chi connectivity index (χ4n) is 2.38. The van der Waals surface area contributed by atoms with Crippen molar-refractivity contribution < 1.29 is 13.9 Å². The van der Waals surface area contributed by atoms with Gasteiger partial charge in [0.05, 0.1) is 7.11 Å². The van der Waals surface area contributed by atoms with Crippen LogP contribution in [0.2, 0.25) is 0 Å². The molecular formula is C17H13FO2. The van der Waals surface area contributed by atoms with Gasteiger partial charge in [-0.2, -0.15) is 0 Å². The highest BCUT2D eigenvalue weighted by Crippen LogP contribution is 2.30. The number of methoxy groups -OCH3 is 1. The summed E-state index contributed by atoms with van der Waals surface area (Å²) in [6.07, 6.45) is 2.42. The minimum Gasteiger partial charge on any atom is -0.497 e. The Morgan fingerprint density at radius 3 is 2.60 bits per heavy atom. The minimum atomic E-state index is -0.280. The summed E-state index contributed by atoms with van der Waals surface area (Å²) in [5.41, 5.74) is 3.25.